The maximum Gasteiger partial charge on any atom is 0.220 e. The van der Waals surface area contributed by atoms with Gasteiger partial charge in [0, 0.05) is 26.1 Å². The summed E-state index contributed by atoms with van der Waals surface area (Å²) in [6.07, 6.45) is 0.832. The van der Waals surface area contributed by atoms with E-state index < -0.39 is 5.82 Å². The molecule has 0 saturated carbocycles. The van der Waals surface area contributed by atoms with E-state index >= 15 is 0 Å². The van der Waals surface area contributed by atoms with Crippen LogP contribution >= 0.6 is 12.4 Å². The van der Waals surface area contributed by atoms with Crippen molar-refractivity contribution in [3.05, 3.63) is 64.5 Å². The van der Waals surface area contributed by atoms with E-state index in [0.717, 1.165) is 24.2 Å². The normalized spacial score (nSPS) is 12.2. The third kappa shape index (κ3) is 4.94. The lowest BCUT2D eigenvalue weighted by Gasteiger charge is -2.08. The second kappa shape index (κ2) is 8.83. The molecule has 0 spiro atoms. The van der Waals surface area contributed by atoms with Gasteiger partial charge in [0.15, 0.2) is 11.6 Å². The van der Waals surface area contributed by atoms with Crippen LogP contribution in [-0.4, -0.2) is 13.0 Å². The first-order valence-corrected chi connectivity index (χ1v) is 8.06. The van der Waals surface area contributed by atoms with Crippen LogP contribution in [0.2, 0.25) is 0 Å². The van der Waals surface area contributed by atoms with E-state index in [-0.39, 0.29) is 24.1 Å². The fourth-order valence-electron chi connectivity index (χ4n) is 2.87. The number of carbonyl (C=O) groups excluding carboxylic acids is 1. The Kier molecular flexibility index (Phi) is 6.79. The molecule has 1 aliphatic rings. The van der Waals surface area contributed by atoms with Crippen LogP contribution in [0.25, 0.3) is 0 Å². The monoisotopic (exact) mass is 364 g/mol. The summed E-state index contributed by atoms with van der Waals surface area (Å²) in [5, 5.41) is 6.22. The molecule has 3 rings (SSSR count). The number of nitrogens with one attached hydrogen (secondary N) is 2. The minimum atomic E-state index is -0.401. The van der Waals surface area contributed by atoms with Crippen molar-refractivity contribution < 1.29 is 13.9 Å². The molecule has 0 aromatic heterocycles. The van der Waals surface area contributed by atoms with Crippen LogP contribution in [0.4, 0.5) is 4.39 Å². The number of fused-ring (bicyclic) bond motifs is 1. The van der Waals surface area contributed by atoms with Gasteiger partial charge in [0.1, 0.15) is 0 Å². The number of benzene rings is 2. The summed E-state index contributed by atoms with van der Waals surface area (Å²) in [5.41, 5.74) is 4.51. The molecule has 2 aromatic rings. The fraction of sp³-hybridized carbons (Fsp3) is 0.316. The van der Waals surface area contributed by atoms with E-state index in [0.29, 0.717) is 19.4 Å². The van der Waals surface area contributed by atoms with Crippen LogP contribution in [-0.2, 0) is 30.8 Å². The van der Waals surface area contributed by atoms with E-state index in [2.05, 4.69) is 22.8 Å². The van der Waals surface area contributed by atoms with Gasteiger partial charge in [-0.2, -0.15) is 0 Å². The zero-order valence-electron chi connectivity index (χ0n) is 14.1. The Hall–Kier alpha value is -2.11. The summed E-state index contributed by atoms with van der Waals surface area (Å²) in [7, 11) is 1.43. The number of amides is 1. The van der Waals surface area contributed by atoms with Crippen molar-refractivity contribution >= 4 is 18.3 Å². The molecule has 0 fully saturated rings. The highest BCUT2D eigenvalue weighted by atomic mass is 35.5. The standard InChI is InChI=1S/C19H21FN2O2.ClH/c1-24-18-6-3-13(9-17(18)20)4-7-19(23)22-10-14-2-5-15-11-21-12-16(15)8-14;/h2-3,5-6,8-9,21H,4,7,10-12H2,1H3,(H,22,23);1H. The van der Waals surface area contributed by atoms with Crippen LogP contribution in [0.1, 0.15) is 28.7 Å². The van der Waals surface area contributed by atoms with Crippen molar-refractivity contribution in [1.29, 1.82) is 0 Å². The summed E-state index contributed by atoms with van der Waals surface area (Å²) in [4.78, 5) is 12.0. The molecule has 0 bridgehead atoms. The number of halogens is 2. The first-order chi connectivity index (χ1) is 11.7. The fourth-order valence-corrected chi connectivity index (χ4v) is 2.87. The first kappa shape index (κ1) is 19.2. The van der Waals surface area contributed by atoms with E-state index in [1.54, 1.807) is 12.1 Å². The van der Waals surface area contributed by atoms with Gasteiger partial charge < -0.3 is 15.4 Å². The van der Waals surface area contributed by atoms with E-state index in [9.17, 15) is 9.18 Å². The number of aryl methyl sites for hydroxylation is 1. The number of carbonyl (C=O) groups is 1. The largest absolute Gasteiger partial charge is 0.494 e. The smallest absolute Gasteiger partial charge is 0.220 e. The molecule has 0 aliphatic carbocycles. The Morgan fingerprint density at radius 3 is 2.68 bits per heavy atom. The molecule has 4 nitrogen and oxygen atoms in total. The Morgan fingerprint density at radius 1 is 1.16 bits per heavy atom. The summed E-state index contributed by atoms with van der Waals surface area (Å²) >= 11 is 0. The maximum atomic E-state index is 13.6. The molecule has 0 unspecified atom stereocenters. The molecule has 0 atom stereocenters. The number of ether oxygens (including phenoxy) is 1. The highest BCUT2D eigenvalue weighted by molar-refractivity contribution is 5.85. The Morgan fingerprint density at radius 2 is 1.92 bits per heavy atom. The molecule has 6 heteroatoms. The average Bonchev–Trinajstić information content (AvgIpc) is 3.06. The van der Waals surface area contributed by atoms with Gasteiger partial charge in [-0.3, -0.25) is 4.79 Å². The zero-order chi connectivity index (χ0) is 16.9. The lowest BCUT2D eigenvalue weighted by molar-refractivity contribution is -0.121. The Balaban J connectivity index is 0.00000225. The molecule has 0 radical (unpaired) electrons. The van der Waals surface area contributed by atoms with Crippen molar-refractivity contribution in [1.82, 2.24) is 10.6 Å². The minimum absolute atomic E-state index is 0. The number of hydrogen-bond donors (Lipinski definition) is 2. The predicted octanol–water partition coefficient (Wildman–Crippen LogP) is 3.11. The topological polar surface area (TPSA) is 50.4 Å². The second-order valence-corrected chi connectivity index (χ2v) is 5.95. The first-order valence-electron chi connectivity index (χ1n) is 8.06. The van der Waals surface area contributed by atoms with Gasteiger partial charge in [0.05, 0.1) is 7.11 Å². The van der Waals surface area contributed by atoms with Gasteiger partial charge in [-0.05, 0) is 40.8 Å². The van der Waals surface area contributed by atoms with Crippen molar-refractivity contribution in [2.75, 3.05) is 7.11 Å². The van der Waals surface area contributed by atoms with Gasteiger partial charge in [-0.15, -0.1) is 12.4 Å². The molecule has 2 aromatic carbocycles. The zero-order valence-corrected chi connectivity index (χ0v) is 14.9. The molecule has 2 N–H and O–H groups in total. The maximum absolute atomic E-state index is 13.6. The quantitative estimate of drug-likeness (QED) is 0.828. The highest BCUT2D eigenvalue weighted by Gasteiger charge is 2.11. The SMILES string of the molecule is COc1ccc(CCC(=O)NCc2ccc3c(c2)CNC3)cc1F.Cl. The van der Waals surface area contributed by atoms with Gasteiger partial charge >= 0.3 is 0 Å². The van der Waals surface area contributed by atoms with Crippen LogP contribution in [0.15, 0.2) is 36.4 Å². The molecule has 134 valence electrons. The van der Waals surface area contributed by atoms with E-state index in [4.69, 9.17) is 4.74 Å². The van der Waals surface area contributed by atoms with Gasteiger partial charge in [0.25, 0.3) is 0 Å². The van der Waals surface area contributed by atoms with E-state index in [1.165, 1.54) is 24.3 Å². The highest BCUT2D eigenvalue weighted by Crippen LogP contribution is 2.19. The van der Waals surface area contributed by atoms with E-state index in [1.807, 2.05) is 6.07 Å². The van der Waals surface area contributed by atoms with Crippen LogP contribution in [0.3, 0.4) is 0 Å². The molecule has 25 heavy (non-hydrogen) atoms. The lowest BCUT2D eigenvalue weighted by Crippen LogP contribution is -2.23. The number of methoxy groups -OCH3 is 1. The minimum Gasteiger partial charge on any atom is -0.494 e. The summed E-state index contributed by atoms with van der Waals surface area (Å²) in [6, 6.07) is 11.1. The molecule has 1 amide bonds. The van der Waals surface area contributed by atoms with Crippen molar-refractivity contribution in [2.45, 2.75) is 32.5 Å². The third-order valence-electron chi connectivity index (χ3n) is 4.25. The Labute approximate surface area is 153 Å². The summed E-state index contributed by atoms with van der Waals surface area (Å²) in [5.74, 6) is -0.221. The average molecular weight is 365 g/mol. The molecular formula is C19H22ClFN2O2. The van der Waals surface area contributed by atoms with Crippen LogP contribution < -0.4 is 15.4 Å². The molecule has 1 aliphatic heterocycles. The lowest BCUT2D eigenvalue weighted by atomic mass is 10.1. The summed E-state index contributed by atoms with van der Waals surface area (Å²) in [6.45, 7) is 2.32. The predicted molar refractivity (Wildman–Crippen MR) is 97.4 cm³/mol. The molecule has 1 heterocycles. The van der Waals surface area contributed by atoms with Gasteiger partial charge in [0.2, 0.25) is 5.91 Å². The van der Waals surface area contributed by atoms with Crippen LogP contribution in [0.5, 0.6) is 5.75 Å². The third-order valence-corrected chi connectivity index (χ3v) is 4.25. The van der Waals surface area contributed by atoms with Crippen LogP contribution in [0, 0.1) is 5.82 Å². The Bertz CT molecular complexity index is 752. The second-order valence-electron chi connectivity index (χ2n) is 5.95. The molecule has 0 saturated heterocycles. The number of hydrogen-bond acceptors (Lipinski definition) is 3. The van der Waals surface area contributed by atoms with Crippen molar-refractivity contribution in [3.8, 4) is 5.75 Å². The van der Waals surface area contributed by atoms with Gasteiger partial charge in [-0.25, -0.2) is 4.39 Å². The molecular weight excluding hydrogens is 343 g/mol. The summed E-state index contributed by atoms with van der Waals surface area (Å²) < 4.78 is 18.5. The van der Waals surface area contributed by atoms with Gasteiger partial charge in [-0.1, -0.05) is 24.3 Å². The van der Waals surface area contributed by atoms with Crippen molar-refractivity contribution in [3.63, 3.8) is 0 Å². The van der Waals surface area contributed by atoms with Crippen molar-refractivity contribution in [2.24, 2.45) is 0 Å². The number of rotatable bonds is 6.